The van der Waals surface area contributed by atoms with Crippen molar-refractivity contribution in [3.63, 3.8) is 0 Å². The molecule has 0 aliphatic heterocycles. The van der Waals surface area contributed by atoms with Gasteiger partial charge in [0, 0.05) is 39.8 Å². The molecule has 0 heterocycles. The van der Waals surface area contributed by atoms with Crippen LogP contribution in [0.2, 0.25) is 6.04 Å². The molecule has 0 bridgehead atoms. The van der Waals surface area contributed by atoms with Crippen molar-refractivity contribution in [3.8, 4) is 0 Å². The smallest absolute Gasteiger partial charge is 0.377 e. The topological polar surface area (TPSA) is 65.7 Å². The van der Waals surface area contributed by atoms with Gasteiger partial charge in [-0.05, 0) is 18.5 Å². The lowest BCUT2D eigenvalue weighted by molar-refractivity contribution is 0.0733. The van der Waals surface area contributed by atoms with E-state index in [0.717, 1.165) is 32.0 Å². The number of halogens is 1. The molecule has 1 rings (SSSR count). The summed E-state index contributed by atoms with van der Waals surface area (Å²) >= 11 is 0. The molecule has 0 aliphatic carbocycles. The Hall–Kier alpha value is -0.733. The summed E-state index contributed by atoms with van der Waals surface area (Å²) in [6.07, 6.45) is 3.38. The summed E-state index contributed by atoms with van der Waals surface area (Å²) in [6.45, 7) is 6.23. The highest BCUT2D eigenvalue weighted by Gasteiger charge is 2.40. The van der Waals surface area contributed by atoms with Crippen molar-refractivity contribution in [1.29, 1.82) is 0 Å². The van der Waals surface area contributed by atoms with E-state index in [1.165, 1.54) is 5.56 Å². The molecular formula is C17H31ClN2O3Si. The molecule has 0 aromatic heterocycles. The van der Waals surface area contributed by atoms with Crippen molar-refractivity contribution in [2.45, 2.75) is 25.0 Å². The predicted molar refractivity (Wildman–Crippen MR) is 104 cm³/mol. The molecule has 1 aromatic rings. The molecule has 1 unspecified atom stereocenters. The molecule has 0 spiro atoms. The van der Waals surface area contributed by atoms with Crippen molar-refractivity contribution in [2.24, 2.45) is 5.73 Å². The molecule has 0 amide bonds. The zero-order valence-corrected chi connectivity index (χ0v) is 16.5. The third-order valence-electron chi connectivity index (χ3n) is 3.65. The molecule has 24 heavy (non-hydrogen) atoms. The predicted octanol–water partition coefficient (Wildman–Crippen LogP) is 2.39. The molecule has 7 heteroatoms. The largest absolute Gasteiger partial charge is 0.500 e. The first kappa shape index (κ1) is 23.3. The molecular weight excluding hydrogens is 344 g/mol. The van der Waals surface area contributed by atoms with Gasteiger partial charge < -0.3 is 24.3 Å². The Morgan fingerprint density at radius 2 is 1.88 bits per heavy atom. The fourth-order valence-electron chi connectivity index (χ4n) is 2.35. The van der Waals surface area contributed by atoms with Gasteiger partial charge in [-0.2, -0.15) is 0 Å². The lowest BCUT2D eigenvalue weighted by Gasteiger charge is -2.30. The number of benzene rings is 1. The van der Waals surface area contributed by atoms with Crippen molar-refractivity contribution in [2.75, 3.05) is 33.9 Å². The Bertz CT molecular complexity index is 433. The van der Waals surface area contributed by atoms with Crippen LogP contribution in [-0.2, 0) is 19.7 Å². The minimum absolute atomic E-state index is 0. The van der Waals surface area contributed by atoms with Gasteiger partial charge in [0.25, 0.3) is 0 Å². The van der Waals surface area contributed by atoms with Gasteiger partial charge >= 0.3 is 8.80 Å². The standard InChI is InChI=1S/C17H30N2O3Si.ClH/c1-4-17(15-16-9-6-5-7-10-16)22-23(20-2,21-3)14-8-12-19-13-11-18;/h4-7,9-10,17,19H,1,8,11-15,18H2,2-3H3;1H. The Kier molecular flexibility index (Phi) is 13.1. The van der Waals surface area contributed by atoms with Gasteiger partial charge in [0.15, 0.2) is 0 Å². The molecule has 0 saturated carbocycles. The lowest BCUT2D eigenvalue weighted by Crippen LogP contribution is -2.47. The average molecular weight is 375 g/mol. The molecule has 0 fully saturated rings. The quantitative estimate of drug-likeness (QED) is 0.315. The summed E-state index contributed by atoms with van der Waals surface area (Å²) in [4.78, 5) is 0. The second-order valence-corrected chi connectivity index (χ2v) is 8.23. The van der Waals surface area contributed by atoms with Gasteiger partial charge in [0.05, 0.1) is 6.10 Å². The highest BCUT2D eigenvalue weighted by molar-refractivity contribution is 6.60. The third-order valence-corrected chi connectivity index (χ3v) is 6.52. The Balaban J connectivity index is 0.00000529. The number of nitrogens with two attached hydrogens (primary N) is 1. The summed E-state index contributed by atoms with van der Waals surface area (Å²) in [5, 5.41) is 3.27. The number of hydrogen-bond acceptors (Lipinski definition) is 5. The van der Waals surface area contributed by atoms with Crippen LogP contribution in [0.15, 0.2) is 43.0 Å². The van der Waals surface area contributed by atoms with Gasteiger partial charge in [-0.1, -0.05) is 36.4 Å². The Labute approximate surface area is 153 Å². The lowest BCUT2D eigenvalue weighted by atomic mass is 10.1. The number of rotatable bonds is 13. The summed E-state index contributed by atoms with van der Waals surface area (Å²) in [5.41, 5.74) is 6.67. The maximum atomic E-state index is 6.22. The van der Waals surface area contributed by atoms with E-state index in [2.05, 4.69) is 24.0 Å². The molecule has 3 N–H and O–H groups in total. The minimum atomic E-state index is -2.68. The fourth-order valence-corrected chi connectivity index (χ4v) is 4.49. The van der Waals surface area contributed by atoms with E-state index in [0.29, 0.717) is 6.54 Å². The molecule has 0 radical (unpaired) electrons. The van der Waals surface area contributed by atoms with E-state index in [1.54, 1.807) is 14.2 Å². The van der Waals surface area contributed by atoms with E-state index in [4.69, 9.17) is 19.0 Å². The molecule has 1 aromatic carbocycles. The van der Waals surface area contributed by atoms with Crippen molar-refractivity contribution in [1.82, 2.24) is 5.32 Å². The monoisotopic (exact) mass is 374 g/mol. The summed E-state index contributed by atoms with van der Waals surface area (Å²) in [5.74, 6) is 0. The zero-order chi connectivity index (χ0) is 17.0. The van der Waals surface area contributed by atoms with Crippen LogP contribution < -0.4 is 11.1 Å². The average Bonchev–Trinajstić information content (AvgIpc) is 2.60. The first-order valence-corrected chi connectivity index (χ1v) is 9.98. The third kappa shape index (κ3) is 8.39. The van der Waals surface area contributed by atoms with Crippen molar-refractivity contribution in [3.05, 3.63) is 48.6 Å². The van der Waals surface area contributed by atoms with Gasteiger partial charge in [0.2, 0.25) is 0 Å². The molecule has 0 aliphatic rings. The van der Waals surface area contributed by atoms with Crippen molar-refractivity contribution >= 4 is 21.2 Å². The molecule has 138 valence electrons. The van der Waals surface area contributed by atoms with E-state index >= 15 is 0 Å². The van der Waals surface area contributed by atoms with Crippen LogP contribution in [-0.4, -0.2) is 48.8 Å². The van der Waals surface area contributed by atoms with E-state index in [-0.39, 0.29) is 18.5 Å². The fraction of sp³-hybridized carbons (Fsp3) is 0.529. The van der Waals surface area contributed by atoms with Crippen LogP contribution in [0.5, 0.6) is 0 Å². The van der Waals surface area contributed by atoms with Crippen LogP contribution in [0.1, 0.15) is 12.0 Å². The van der Waals surface area contributed by atoms with Crippen LogP contribution in [0.3, 0.4) is 0 Å². The Morgan fingerprint density at radius 3 is 2.42 bits per heavy atom. The minimum Gasteiger partial charge on any atom is -0.377 e. The second kappa shape index (κ2) is 13.5. The van der Waals surface area contributed by atoms with Crippen LogP contribution in [0.4, 0.5) is 0 Å². The summed E-state index contributed by atoms with van der Waals surface area (Å²) in [7, 11) is 0.633. The maximum absolute atomic E-state index is 6.22. The van der Waals surface area contributed by atoms with Crippen LogP contribution >= 0.6 is 12.4 Å². The van der Waals surface area contributed by atoms with Crippen molar-refractivity contribution < 1.29 is 13.3 Å². The van der Waals surface area contributed by atoms with Gasteiger partial charge in [-0.15, -0.1) is 19.0 Å². The summed E-state index contributed by atoms with van der Waals surface area (Å²) < 4.78 is 17.5. The molecule has 5 nitrogen and oxygen atoms in total. The van der Waals surface area contributed by atoms with Gasteiger partial charge in [0.1, 0.15) is 0 Å². The number of nitrogens with one attached hydrogen (secondary N) is 1. The second-order valence-electron chi connectivity index (χ2n) is 5.32. The highest BCUT2D eigenvalue weighted by Crippen LogP contribution is 2.20. The normalized spacial score (nSPS) is 12.5. The number of hydrogen-bond donors (Lipinski definition) is 2. The first-order chi connectivity index (χ1) is 11.2. The molecule has 0 saturated heterocycles. The van der Waals surface area contributed by atoms with Crippen LogP contribution in [0.25, 0.3) is 0 Å². The van der Waals surface area contributed by atoms with E-state index in [9.17, 15) is 0 Å². The van der Waals surface area contributed by atoms with E-state index in [1.807, 2.05) is 24.3 Å². The first-order valence-electron chi connectivity index (χ1n) is 8.05. The summed E-state index contributed by atoms with van der Waals surface area (Å²) in [6, 6.07) is 11.0. The maximum Gasteiger partial charge on any atom is 0.500 e. The SMILES string of the molecule is C=CC(Cc1ccccc1)O[Si](CCCNCCN)(OC)OC.Cl. The zero-order valence-electron chi connectivity index (χ0n) is 14.7. The van der Waals surface area contributed by atoms with Gasteiger partial charge in [-0.25, -0.2) is 0 Å². The molecule has 1 atom stereocenters. The van der Waals surface area contributed by atoms with Gasteiger partial charge in [-0.3, -0.25) is 0 Å². The van der Waals surface area contributed by atoms with E-state index < -0.39 is 8.80 Å². The van der Waals surface area contributed by atoms with Crippen LogP contribution in [0, 0.1) is 0 Å². The Morgan fingerprint density at radius 1 is 1.21 bits per heavy atom. The highest BCUT2D eigenvalue weighted by atomic mass is 35.5.